The number of aromatic nitrogens is 3. The molecule has 0 saturated heterocycles. The largest absolute Gasteiger partial charge is 0.489 e. The van der Waals surface area contributed by atoms with Crippen molar-refractivity contribution in [2.45, 2.75) is 13.2 Å². The van der Waals surface area contributed by atoms with Crippen molar-refractivity contribution in [3.05, 3.63) is 92.1 Å². The van der Waals surface area contributed by atoms with Crippen LogP contribution in [0.4, 0.5) is 10.3 Å². The van der Waals surface area contributed by atoms with Gasteiger partial charge in [0, 0.05) is 5.56 Å². The molecule has 0 atom stereocenters. The first-order valence-corrected chi connectivity index (χ1v) is 10.7. The molecule has 0 bridgehead atoms. The molecule has 0 saturated carbocycles. The maximum atomic E-state index is 12.9. The fraction of sp³-hybridized carbons (Fsp3) is 0.0952. The molecule has 0 radical (unpaired) electrons. The average molecular weight is 477 g/mol. The molecule has 4 rings (SSSR count). The lowest BCUT2D eigenvalue weighted by Crippen LogP contribution is -2.12. The molecule has 31 heavy (non-hydrogen) atoms. The van der Waals surface area contributed by atoms with Gasteiger partial charge in [-0.15, -0.1) is 16.4 Å². The van der Waals surface area contributed by atoms with E-state index >= 15 is 0 Å². The molecule has 10 heteroatoms. The molecule has 2 aromatic carbocycles. The number of nitrogens with one attached hydrogen (secondary N) is 1. The van der Waals surface area contributed by atoms with Crippen LogP contribution in [0.3, 0.4) is 0 Å². The summed E-state index contributed by atoms with van der Waals surface area (Å²) in [6, 6.07) is 12.8. The Balaban J connectivity index is 1.33. The predicted molar refractivity (Wildman–Crippen MR) is 119 cm³/mol. The maximum absolute atomic E-state index is 12.9. The van der Waals surface area contributed by atoms with Gasteiger partial charge in [0.1, 0.15) is 24.5 Å². The molecule has 158 valence electrons. The summed E-state index contributed by atoms with van der Waals surface area (Å²) in [5.41, 5.74) is 1.74. The number of nitrogens with zero attached hydrogens (tertiary/aromatic N) is 3. The minimum Gasteiger partial charge on any atom is -0.489 e. The van der Waals surface area contributed by atoms with Crippen LogP contribution in [0.5, 0.6) is 5.75 Å². The average Bonchev–Trinajstić information content (AvgIpc) is 3.40. The van der Waals surface area contributed by atoms with Gasteiger partial charge in [-0.25, -0.2) is 14.1 Å². The first kappa shape index (κ1) is 21.3. The molecule has 1 amide bonds. The van der Waals surface area contributed by atoms with Crippen molar-refractivity contribution in [2.24, 2.45) is 0 Å². The molecule has 0 spiro atoms. The van der Waals surface area contributed by atoms with E-state index in [4.69, 9.17) is 27.9 Å². The molecule has 0 fully saturated rings. The van der Waals surface area contributed by atoms with Crippen molar-refractivity contribution in [3.63, 3.8) is 0 Å². The Hall–Kier alpha value is -2.94. The monoisotopic (exact) mass is 476 g/mol. The van der Waals surface area contributed by atoms with Crippen LogP contribution in [0.1, 0.15) is 20.8 Å². The lowest BCUT2D eigenvalue weighted by molar-refractivity contribution is 0.102. The van der Waals surface area contributed by atoms with Crippen molar-refractivity contribution in [3.8, 4) is 5.75 Å². The standard InChI is InChI=1S/C21H15Cl2FN4O2S/c22-17-6-1-13(7-18(17)23)9-28-12-25-21(27-28)26-20(29)19-8-14(11-31-19)10-30-16-4-2-15(24)3-5-16/h1-8,11-12H,9-10H2,(H,26,27,29). The van der Waals surface area contributed by atoms with E-state index in [2.05, 4.69) is 15.4 Å². The summed E-state index contributed by atoms with van der Waals surface area (Å²) in [7, 11) is 0. The van der Waals surface area contributed by atoms with Crippen LogP contribution in [0.25, 0.3) is 0 Å². The van der Waals surface area contributed by atoms with Crippen LogP contribution in [0, 0.1) is 5.82 Å². The van der Waals surface area contributed by atoms with Crippen LogP contribution in [-0.2, 0) is 13.2 Å². The van der Waals surface area contributed by atoms with Gasteiger partial charge in [-0.3, -0.25) is 10.1 Å². The number of benzene rings is 2. The number of ether oxygens (including phenoxy) is 1. The maximum Gasteiger partial charge on any atom is 0.268 e. The second-order valence-corrected chi connectivity index (χ2v) is 8.26. The van der Waals surface area contributed by atoms with E-state index in [1.54, 1.807) is 35.0 Å². The van der Waals surface area contributed by atoms with Crippen LogP contribution in [0.2, 0.25) is 10.0 Å². The lowest BCUT2D eigenvalue weighted by atomic mass is 10.2. The van der Waals surface area contributed by atoms with Crippen molar-refractivity contribution in [1.82, 2.24) is 14.8 Å². The number of carbonyl (C=O) groups excluding carboxylic acids is 1. The summed E-state index contributed by atoms with van der Waals surface area (Å²) >= 11 is 13.2. The summed E-state index contributed by atoms with van der Waals surface area (Å²) < 4.78 is 20.1. The van der Waals surface area contributed by atoms with Gasteiger partial charge in [0.2, 0.25) is 5.95 Å². The highest BCUT2D eigenvalue weighted by atomic mass is 35.5. The molecule has 2 heterocycles. The Labute approximate surface area is 191 Å². The highest BCUT2D eigenvalue weighted by molar-refractivity contribution is 7.12. The van der Waals surface area contributed by atoms with Gasteiger partial charge in [0.25, 0.3) is 5.91 Å². The third kappa shape index (κ3) is 5.61. The second kappa shape index (κ2) is 9.47. The molecule has 6 nitrogen and oxygen atoms in total. The van der Waals surface area contributed by atoms with Gasteiger partial charge in [-0.05, 0) is 53.4 Å². The summed E-state index contributed by atoms with van der Waals surface area (Å²) in [5.74, 6) is 0.109. The van der Waals surface area contributed by atoms with E-state index in [1.807, 2.05) is 11.4 Å². The minimum atomic E-state index is -0.324. The Morgan fingerprint density at radius 3 is 2.68 bits per heavy atom. The van der Waals surface area contributed by atoms with Crippen LogP contribution < -0.4 is 10.1 Å². The van der Waals surface area contributed by atoms with Gasteiger partial charge in [0.05, 0.1) is 21.5 Å². The van der Waals surface area contributed by atoms with E-state index in [0.717, 1.165) is 11.1 Å². The number of amides is 1. The SMILES string of the molecule is O=C(Nc1ncn(Cc2ccc(Cl)c(Cl)c2)n1)c1cc(COc2ccc(F)cc2)cs1. The van der Waals surface area contributed by atoms with Crippen LogP contribution >= 0.6 is 34.5 Å². The topological polar surface area (TPSA) is 69.0 Å². The summed E-state index contributed by atoms with van der Waals surface area (Å²) in [4.78, 5) is 17.1. The highest BCUT2D eigenvalue weighted by Gasteiger charge is 2.13. The zero-order valence-corrected chi connectivity index (χ0v) is 18.2. The Morgan fingerprint density at radius 1 is 1.10 bits per heavy atom. The van der Waals surface area contributed by atoms with Gasteiger partial charge in [0.15, 0.2) is 0 Å². The lowest BCUT2D eigenvalue weighted by Gasteiger charge is -2.04. The predicted octanol–water partition coefficient (Wildman–Crippen LogP) is 5.67. The van der Waals surface area contributed by atoms with Crippen molar-refractivity contribution in [2.75, 3.05) is 5.32 Å². The van der Waals surface area contributed by atoms with Gasteiger partial charge < -0.3 is 4.74 Å². The van der Waals surface area contributed by atoms with Crippen LogP contribution in [-0.4, -0.2) is 20.7 Å². The van der Waals surface area contributed by atoms with E-state index in [1.165, 1.54) is 29.8 Å². The number of anilines is 1. The molecule has 0 aliphatic rings. The first-order chi connectivity index (χ1) is 15.0. The number of halogens is 3. The van der Waals surface area contributed by atoms with Gasteiger partial charge in [-0.2, -0.15) is 0 Å². The zero-order chi connectivity index (χ0) is 21.8. The van der Waals surface area contributed by atoms with Gasteiger partial charge in [-0.1, -0.05) is 29.3 Å². The van der Waals surface area contributed by atoms with Crippen LogP contribution in [0.15, 0.2) is 60.2 Å². The Bertz CT molecular complexity index is 1210. The first-order valence-electron chi connectivity index (χ1n) is 9.07. The molecule has 0 aliphatic carbocycles. The summed E-state index contributed by atoms with van der Waals surface area (Å²) in [6.45, 7) is 0.704. The molecule has 2 aromatic heterocycles. The van der Waals surface area contributed by atoms with E-state index in [-0.39, 0.29) is 24.3 Å². The number of carbonyl (C=O) groups is 1. The molecule has 1 N–H and O–H groups in total. The number of thiophene rings is 1. The molecular weight excluding hydrogens is 462 g/mol. The third-order valence-electron chi connectivity index (χ3n) is 4.19. The normalized spacial score (nSPS) is 10.8. The fourth-order valence-corrected chi connectivity index (χ4v) is 3.80. The number of hydrogen-bond acceptors (Lipinski definition) is 5. The second-order valence-electron chi connectivity index (χ2n) is 6.53. The van der Waals surface area contributed by atoms with Crippen molar-refractivity contribution in [1.29, 1.82) is 0 Å². The quantitative estimate of drug-likeness (QED) is 0.373. The van der Waals surface area contributed by atoms with Gasteiger partial charge >= 0.3 is 0 Å². The Kier molecular flexibility index (Phi) is 6.50. The molecule has 4 aromatic rings. The van der Waals surface area contributed by atoms with E-state index < -0.39 is 0 Å². The van der Waals surface area contributed by atoms with E-state index in [9.17, 15) is 9.18 Å². The third-order valence-corrected chi connectivity index (χ3v) is 5.90. The van der Waals surface area contributed by atoms with E-state index in [0.29, 0.717) is 27.2 Å². The zero-order valence-electron chi connectivity index (χ0n) is 15.9. The minimum absolute atomic E-state index is 0.197. The highest BCUT2D eigenvalue weighted by Crippen LogP contribution is 2.23. The summed E-state index contributed by atoms with van der Waals surface area (Å²) in [6.07, 6.45) is 1.52. The van der Waals surface area contributed by atoms with Crippen molar-refractivity contribution < 1.29 is 13.9 Å². The smallest absolute Gasteiger partial charge is 0.268 e. The van der Waals surface area contributed by atoms with Crippen molar-refractivity contribution >= 4 is 46.4 Å². The molecule has 0 unspecified atom stereocenters. The summed E-state index contributed by atoms with van der Waals surface area (Å²) in [5, 5.41) is 9.71. The number of hydrogen-bond donors (Lipinski definition) is 1. The molecular formula is C21H15Cl2FN4O2S. The number of rotatable bonds is 7. The Morgan fingerprint density at radius 2 is 1.90 bits per heavy atom. The molecule has 0 aliphatic heterocycles. The fourth-order valence-electron chi connectivity index (χ4n) is 2.68.